The van der Waals surface area contributed by atoms with E-state index in [1.165, 1.54) is 29.3 Å². The second-order valence-electron chi connectivity index (χ2n) is 3.95. The van der Waals surface area contributed by atoms with Gasteiger partial charge in [0.25, 0.3) is 0 Å². The molecule has 82 valence electrons. The van der Waals surface area contributed by atoms with E-state index in [0.717, 1.165) is 31.5 Å². The third-order valence-electron chi connectivity index (χ3n) is 2.91. The third-order valence-corrected chi connectivity index (χ3v) is 3.72. The van der Waals surface area contributed by atoms with E-state index in [9.17, 15) is 4.79 Å². The van der Waals surface area contributed by atoms with Crippen LogP contribution in [0.3, 0.4) is 0 Å². The van der Waals surface area contributed by atoms with Crippen LogP contribution in [-0.4, -0.2) is 33.4 Å². The van der Waals surface area contributed by atoms with E-state index in [2.05, 4.69) is 14.5 Å². The van der Waals surface area contributed by atoms with Crippen molar-refractivity contribution in [2.24, 2.45) is 0 Å². The molecule has 1 unspecified atom stereocenters. The van der Waals surface area contributed by atoms with Crippen molar-refractivity contribution in [3.63, 3.8) is 0 Å². The molecule has 0 amide bonds. The van der Waals surface area contributed by atoms with Crippen LogP contribution in [0.1, 0.15) is 29.8 Å². The normalized spacial score (nSPS) is 22.9. The van der Waals surface area contributed by atoms with Crippen LogP contribution in [0, 0.1) is 6.92 Å². The summed E-state index contributed by atoms with van der Waals surface area (Å²) in [6.07, 6.45) is 4.42. The zero-order valence-electron chi connectivity index (χ0n) is 8.85. The molecule has 1 saturated heterocycles. The molecule has 1 aliphatic heterocycles. The summed E-state index contributed by atoms with van der Waals surface area (Å²) >= 11 is 1.44. The molecule has 0 radical (unpaired) electrons. The molecular formula is C10H15N3OS. The first-order chi connectivity index (χ1) is 7.31. The highest BCUT2D eigenvalue weighted by molar-refractivity contribution is 7.05. The molecule has 0 aliphatic carbocycles. The molecule has 0 aromatic carbocycles. The Kier molecular flexibility index (Phi) is 3.43. The third kappa shape index (κ3) is 2.41. The zero-order valence-corrected chi connectivity index (χ0v) is 9.66. The maximum absolute atomic E-state index is 10.9. The molecule has 15 heavy (non-hydrogen) atoms. The molecular weight excluding hydrogens is 210 g/mol. The van der Waals surface area contributed by atoms with Crippen LogP contribution >= 0.6 is 11.5 Å². The highest BCUT2D eigenvalue weighted by Crippen LogP contribution is 2.20. The molecule has 2 rings (SSSR count). The van der Waals surface area contributed by atoms with E-state index in [1.807, 2.05) is 6.92 Å². The van der Waals surface area contributed by atoms with E-state index in [-0.39, 0.29) is 6.04 Å². The van der Waals surface area contributed by atoms with Crippen molar-refractivity contribution in [2.45, 2.75) is 38.8 Å². The van der Waals surface area contributed by atoms with Gasteiger partial charge in [-0.1, -0.05) is 10.9 Å². The number of aryl methyl sites for hydroxylation is 1. The molecule has 2 heterocycles. The predicted molar refractivity (Wildman–Crippen MR) is 58.8 cm³/mol. The van der Waals surface area contributed by atoms with Gasteiger partial charge in [-0.05, 0) is 37.8 Å². The number of carbonyl (C=O) groups excluding carboxylic acids is 1. The number of aldehydes is 1. The molecule has 1 aromatic rings. The average molecular weight is 225 g/mol. The summed E-state index contributed by atoms with van der Waals surface area (Å²) in [5.41, 5.74) is 0.996. The van der Waals surface area contributed by atoms with Crippen LogP contribution in [0.15, 0.2) is 0 Å². The minimum atomic E-state index is 0.0975. The van der Waals surface area contributed by atoms with Crippen LogP contribution in [0.5, 0.6) is 0 Å². The Morgan fingerprint density at radius 2 is 2.47 bits per heavy atom. The topological polar surface area (TPSA) is 46.1 Å². The number of hydrogen-bond donors (Lipinski definition) is 0. The SMILES string of the molecule is Cc1nnsc1CN1CCCCC1C=O. The number of piperidine rings is 1. The van der Waals surface area contributed by atoms with Gasteiger partial charge in [0.1, 0.15) is 6.29 Å². The number of likely N-dealkylation sites (tertiary alicyclic amines) is 1. The smallest absolute Gasteiger partial charge is 0.137 e. The first-order valence-corrected chi connectivity index (χ1v) is 6.06. The minimum absolute atomic E-state index is 0.0975. The standard InChI is InChI=1S/C10H15N3OS/c1-8-10(15-12-11-8)6-13-5-3-2-4-9(13)7-14/h7,9H,2-6H2,1H3. The van der Waals surface area contributed by atoms with Crippen molar-refractivity contribution in [3.8, 4) is 0 Å². The minimum Gasteiger partial charge on any atom is -0.302 e. The molecule has 1 aliphatic rings. The first kappa shape index (κ1) is 10.7. The zero-order chi connectivity index (χ0) is 10.7. The fourth-order valence-electron chi connectivity index (χ4n) is 1.95. The van der Waals surface area contributed by atoms with Gasteiger partial charge in [-0.3, -0.25) is 4.90 Å². The lowest BCUT2D eigenvalue weighted by Crippen LogP contribution is -2.39. The maximum Gasteiger partial charge on any atom is 0.137 e. The molecule has 0 saturated carbocycles. The van der Waals surface area contributed by atoms with Gasteiger partial charge in [0.15, 0.2) is 0 Å². The van der Waals surface area contributed by atoms with Crippen molar-refractivity contribution < 1.29 is 4.79 Å². The van der Waals surface area contributed by atoms with Gasteiger partial charge in [-0.2, -0.15) is 0 Å². The summed E-state index contributed by atoms with van der Waals surface area (Å²) in [6, 6.07) is 0.0975. The second kappa shape index (κ2) is 4.81. The first-order valence-electron chi connectivity index (χ1n) is 5.28. The van der Waals surface area contributed by atoms with Crippen molar-refractivity contribution in [1.82, 2.24) is 14.5 Å². The van der Waals surface area contributed by atoms with Crippen molar-refractivity contribution in [2.75, 3.05) is 6.54 Å². The van der Waals surface area contributed by atoms with Gasteiger partial charge in [-0.15, -0.1) is 5.10 Å². The van der Waals surface area contributed by atoms with Gasteiger partial charge in [0, 0.05) is 6.54 Å². The Bertz CT molecular complexity index is 339. The van der Waals surface area contributed by atoms with Crippen LogP contribution in [-0.2, 0) is 11.3 Å². The van der Waals surface area contributed by atoms with Gasteiger partial charge in [0.05, 0.1) is 16.6 Å². The lowest BCUT2D eigenvalue weighted by atomic mass is 10.0. The summed E-state index contributed by atoms with van der Waals surface area (Å²) in [5, 5.41) is 3.99. The summed E-state index contributed by atoms with van der Waals surface area (Å²) in [5.74, 6) is 0. The molecule has 0 N–H and O–H groups in total. The number of nitrogens with zero attached hydrogens (tertiary/aromatic N) is 3. The lowest BCUT2D eigenvalue weighted by Gasteiger charge is -2.31. The largest absolute Gasteiger partial charge is 0.302 e. The van der Waals surface area contributed by atoms with E-state index >= 15 is 0 Å². The molecule has 5 heteroatoms. The van der Waals surface area contributed by atoms with Crippen molar-refractivity contribution in [3.05, 3.63) is 10.6 Å². The van der Waals surface area contributed by atoms with E-state index in [4.69, 9.17) is 0 Å². The van der Waals surface area contributed by atoms with Gasteiger partial charge >= 0.3 is 0 Å². The van der Waals surface area contributed by atoms with Crippen molar-refractivity contribution >= 4 is 17.8 Å². The number of rotatable bonds is 3. The molecule has 4 nitrogen and oxygen atoms in total. The quantitative estimate of drug-likeness (QED) is 0.729. The van der Waals surface area contributed by atoms with Crippen LogP contribution < -0.4 is 0 Å². The van der Waals surface area contributed by atoms with Crippen LogP contribution in [0.4, 0.5) is 0 Å². The van der Waals surface area contributed by atoms with Crippen molar-refractivity contribution in [1.29, 1.82) is 0 Å². The van der Waals surface area contributed by atoms with E-state index < -0.39 is 0 Å². The molecule has 0 spiro atoms. The summed E-state index contributed by atoms with van der Waals surface area (Å²) in [4.78, 5) is 14.3. The Morgan fingerprint density at radius 1 is 1.60 bits per heavy atom. The van der Waals surface area contributed by atoms with Gasteiger partial charge in [-0.25, -0.2) is 0 Å². The molecule has 0 bridgehead atoms. The summed E-state index contributed by atoms with van der Waals surface area (Å²) in [6.45, 7) is 3.81. The monoisotopic (exact) mass is 225 g/mol. The predicted octanol–water partition coefficient (Wildman–Crippen LogP) is 1.40. The Morgan fingerprint density at radius 3 is 3.13 bits per heavy atom. The molecule has 1 fully saturated rings. The maximum atomic E-state index is 10.9. The molecule has 1 atom stereocenters. The van der Waals surface area contributed by atoms with Crippen LogP contribution in [0.25, 0.3) is 0 Å². The Hall–Kier alpha value is -0.810. The van der Waals surface area contributed by atoms with Crippen LogP contribution in [0.2, 0.25) is 0 Å². The Labute approximate surface area is 93.5 Å². The lowest BCUT2D eigenvalue weighted by molar-refractivity contribution is -0.113. The fourth-order valence-corrected chi connectivity index (χ4v) is 2.61. The number of aromatic nitrogens is 2. The summed E-state index contributed by atoms with van der Waals surface area (Å²) in [7, 11) is 0. The number of hydrogen-bond acceptors (Lipinski definition) is 5. The number of carbonyl (C=O) groups is 1. The molecule has 1 aromatic heterocycles. The second-order valence-corrected chi connectivity index (χ2v) is 4.79. The van der Waals surface area contributed by atoms with Gasteiger partial charge < -0.3 is 4.79 Å². The van der Waals surface area contributed by atoms with E-state index in [1.54, 1.807) is 0 Å². The van der Waals surface area contributed by atoms with Gasteiger partial charge in [0.2, 0.25) is 0 Å². The average Bonchev–Trinajstić information content (AvgIpc) is 2.65. The highest BCUT2D eigenvalue weighted by atomic mass is 32.1. The Balaban J connectivity index is 2.03. The highest BCUT2D eigenvalue weighted by Gasteiger charge is 2.22. The summed E-state index contributed by atoms with van der Waals surface area (Å²) < 4.78 is 3.91. The fraction of sp³-hybridized carbons (Fsp3) is 0.700. The van der Waals surface area contributed by atoms with E-state index in [0.29, 0.717) is 0 Å².